The predicted octanol–water partition coefficient (Wildman–Crippen LogP) is 5.97. The van der Waals surface area contributed by atoms with E-state index in [1.807, 2.05) is 24.3 Å². The number of halogens is 4. The van der Waals surface area contributed by atoms with Crippen molar-refractivity contribution in [3.05, 3.63) is 64.1 Å². The molecule has 0 saturated carbocycles. The van der Waals surface area contributed by atoms with Gasteiger partial charge >= 0.3 is 6.36 Å². The zero-order chi connectivity index (χ0) is 17.9. The van der Waals surface area contributed by atoms with Crippen LogP contribution in [0.4, 0.5) is 18.9 Å². The number of nitrogens with one attached hydrogen (secondary N) is 1. The first-order chi connectivity index (χ1) is 11.9. The number of aromatic nitrogens is 1. The SMILES string of the molecule is FC(F)(F)Oc1ccc(-c2ccc(NCc3cnc(Cl)s3)cc2)cc1. The molecular formula is C17H12ClF3N2OS. The molecule has 130 valence electrons. The Balaban J connectivity index is 1.63. The Labute approximate surface area is 151 Å². The van der Waals surface area contributed by atoms with Gasteiger partial charge in [0.1, 0.15) is 5.75 Å². The van der Waals surface area contributed by atoms with Crippen molar-refractivity contribution in [2.75, 3.05) is 5.32 Å². The molecule has 3 aromatic rings. The third-order valence-corrected chi connectivity index (χ3v) is 4.41. The van der Waals surface area contributed by atoms with Crippen LogP contribution in [0.5, 0.6) is 5.75 Å². The summed E-state index contributed by atoms with van der Waals surface area (Å²) in [4.78, 5) is 5.00. The van der Waals surface area contributed by atoms with Crippen LogP contribution < -0.4 is 10.1 Å². The molecule has 2 aromatic carbocycles. The Kier molecular flexibility index (Phi) is 5.15. The summed E-state index contributed by atoms with van der Waals surface area (Å²) >= 11 is 7.20. The topological polar surface area (TPSA) is 34.1 Å². The molecule has 0 aliphatic rings. The minimum Gasteiger partial charge on any atom is -0.406 e. The molecule has 25 heavy (non-hydrogen) atoms. The van der Waals surface area contributed by atoms with Gasteiger partial charge in [-0.2, -0.15) is 0 Å². The van der Waals surface area contributed by atoms with Gasteiger partial charge in [-0.05, 0) is 35.4 Å². The lowest BCUT2D eigenvalue weighted by atomic mass is 10.1. The first kappa shape index (κ1) is 17.6. The van der Waals surface area contributed by atoms with Gasteiger partial charge < -0.3 is 10.1 Å². The van der Waals surface area contributed by atoms with Gasteiger partial charge in [0.2, 0.25) is 0 Å². The summed E-state index contributed by atoms with van der Waals surface area (Å²) in [6.45, 7) is 0.618. The van der Waals surface area contributed by atoms with Gasteiger partial charge in [-0.25, -0.2) is 4.98 Å². The third-order valence-electron chi connectivity index (χ3n) is 3.30. The van der Waals surface area contributed by atoms with Crippen molar-refractivity contribution in [1.29, 1.82) is 0 Å². The highest BCUT2D eigenvalue weighted by molar-refractivity contribution is 7.15. The first-order valence-electron chi connectivity index (χ1n) is 7.19. The molecule has 1 heterocycles. The van der Waals surface area contributed by atoms with Crippen LogP contribution in [0.1, 0.15) is 4.88 Å². The van der Waals surface area contributed by atoms with Gasteiger partial charge in [0.25, 0.3) is 0 Å². The van der Waals surface area contributed by atoms with Crippen LogP contribution in [0.2, 0.25) is 4.47 Å². The van der Waals surface area contributed by atoms with Crippen molar-refractivity contribution in [1.82, 2.24) is 4.98 Å². The summed E-state index contributed by atoms with van der Waals surface area (Å²) in [5.74, 6) is -0.238. The van der Waals surface area contributed by atoms with Crippen molar-refractivity contribution in [3.63, 3.8) is 0 Å². The molecular weight excluding hydrogens is 373 g/mol. The molecule has 1 aromatic heterocycles. The summed E-state index contributed by atoms with van der Waals surface area (Å²) in [5.41, 5.74) is 2.62. The molecule has 0 saturated heterocycles. The van der Waals surface area contributed by atoms with Crippen LogP contribution >= 0.6 is 22.9 Å². The molecule has 1 N–H and O–H groups in total. The quantitative estimate of drug-likeness (QED) is 0.588. The van der Waals surface area contributed by atoms with Crippen LogP contribution in [0.25, 0.3) is 11.1 Å². The summed E-state index contributed by atoms with van der Waals surface area (Å²) < 4.78 is 40.9. The van der Waals surface area contributed by atoms with Crippen LogP contribution in [0, 0.1) is 0 Å². The van der Waals surface area contributed by atoms with Crippen molar-refractivity contribution < 1.29 is 17.9 Å². The predicted molar refractivity (Wildman–Crippen MR) is 93.0 cm³/mol. The molecule has 0 unspecified atom stereocenters. The molecule has 0 aliphatic carbocycles. The van der Waals surface area contributed by atoms with Gasteiger partial charge in [0.05, 0.1) is 6.54 Å². The highest BCUT2D eigenvalue weighted by atomic mass is 35.5. The van der Waals surface area contributed by atoms with Crippen molar-refractivity contribution in [2.24, 2.45) is 0 Å². The maximum absolute atomic E-state index is 12.2. The molecule has 0 atom stereocenters. The average molecular weight is 385 g/mol. The highest BCUT2D eigenvalue weighted by Gasteiger charge is 2.30. The monoisotopic (exact) mass is 384 g/mol. The molecule has 0 bridgehead atoms. The number of thiazole rings is 1. The van der Waals surface area contributed by atoms with E-state index in [-0.39, 0.29) is 5.75 Å². The van der Waals surface area contributed by atoms with Crippen LogP contribution in [-0.2, 0) is 6.54 Å². The van der Waals surface area contributed by atoms with Gasteiger partial charge in [-0.15, -0.1) is 24.5 Å². The molecule has 0 aliphatic heterocycles. The smallest absolute Gasteiger partial charge is 0.406 e. The van der Waals surface area contributed by atoms with E-state index in [1.54, 1.807) is 18.3 Å². The summed E-state index contributed by atoms with van der Waals surface area (Å²) in [6, 6.07) is 13.3. The molecule has 0 amide bonds. The van der Waals surface area contributed by atoms with E-state index >= 15 is 0 Å². The van der Waals surface area contributed by atoms with Crippen molar-refractivity contribution >= 4 is 28.6 Å². The van der Waals surface area contributed by atoms with Gasteiger partial charge in [0.15, 0.2) is 4.47 Å². The van der Waals surface area contributed by atoms with E-state index in [2.05, 4.69) is 15.0 Å². The molecule has 8 heteroatoms. The number of hydrogen-bond donors (Lipinski definition) is 1. The number of anilines is 1. The summed E-state index contributed by atoms with van der Waals surface area (Å²) in [5, 5.41) is 3.25. The van der Waals surface area contributed by atoms with Crippen LogP contribution in [0.3, 0.4) is 0 Å². The van der Waals surface area contributed by atoms with E-state index in [0.29, 0.717) is 11.0 Å². The fourth-order valence-electron chi connectivity index (χ4n) is 2.18. The lowest BCUT2D eigenvalue weighted by Gasteiger charge is -2.10. The minimum atomic E-state index is -4.68. The first-order valence-corrected chi connectivity index (χ1v) is 8.39. The van der Waals surface area contributed by atoms with E-state index in [1.165, 1.54) is 23.5 Å². The summed E-state index contributed by atoms with van der Waals surface area (Å²) in [6.07, 6.45) is -2.96. The number of alkyl halides is 3. The fourth-order valence-corrected chi connectivity index (χ4v) is 3.10. The Morgan fingerprint density at radius 1 is 1.00 bits per heavy atom. The Morgan fingerprint density at radius 2 is 1.60 bits per heavy atom. The molecule has 3 rings (SSSR count). The van der Waals surface area contributed by atoms with E-state index in [4.69, 9.17) is 11.6 Å². The summed E-state index contributed by atoms with van der Waals surface area (Å²) in [7, 11) is 0. The van der Waals surface area contributed by atoms with E-state index in [0.717, 1.165) is 21.7 Å². The molecule has 0 radical (unpaired) electrons. The van der Waals surface area contributed by atoms with Crippen molar-refractivity contribution in [2.45, 2.75) is 12.9 Å². The second-order valence-corrected chi connectivity index (χ2v) is 6.78. The number of ether oxygens (including phenoxy) is 1. The number of nitrogens with zero attached hydrogens (tertiary/aromatic N) is 1. The fraction of sp³-hybridized carbons (Fsp3) is 0.118. The Morgan fingerprint density at radius 3 is 2.12 bits per heavy atom. The largest absolute Gasteiger partial charge is 0.573 e. The van der Waals surface area contributed by atoms with E-state index in [9.17, 15) is 13.2 Å². The molecule has 3 nitrogen and oxygen atoms in total. The number of benzene rings is 2. The Hall–Kier alpha value is -2.25. The average Bonchev–Trinajstić information content (AvgIpc) is 2.98. The minimum absolute atomic E-state index is 0.238. The lowest BCUT2D eigenvalue weighted by molar-refractivity contribution is -0.274. The lowest BCUT2D eigenvalue weighted by Crippen LogP contribution is -2.16. The van der Waals surface area contributed by atoms with Crippen molar-refractivity contribution in [3.8, 4) is 16.9 Å². The standard InChI is InChI=1S/C17H12ClF3N2OS/c18-16-23-10-15(25-16)9-22-13-5-1-11(2-6-13)12-3-7-14(8-4-12)24-17(19,20)21/h1-8,10,22H,9H2. The number of rotatable bonds is 5. The second-order valence-electron chi connectivity index (χ2n) is 5.08. The zero-order valence-corrected chi connectivity index (χ0v) is 14.3. The van der Waals surface area contributed by atoms with E-state index < -0.39 is 6.36 Å². The molecule has 0 spiro atoms. The maximum atomic E-state index is 12.2. The highest BCUT2D eigenvalue weighted by Crippen LogP contribution is 2.27. The third kappa shape index (κ3) is 5.11. The zero-order valence-electron chi connectivity index (χ0n) is 12.7. The Bertz CT molecular complexity index is 832. The van der Waals surface area contributed by atoms with Gasteiger partial charge in [0, 0.05) is 16.8 Å². The molecule has 0 fully saturated rings. The van der Waals surface area contributed by atoms with Gasteiger partial charge in [-0.1, -0.05) is 35.9 Å². The van der Waals surface area contributed by atoms with Crippen LogP contribution in [-0.4, -0.2) is 11.3 Å². The maximum Gasteiger partial charge on any atom is 0.573 e. The normalized spacial score (nSPS) is 11.4. The van der Waals surface area contributed by atoms with Crippen LogP contribution in [0.15, 0.2) is 54.7 Å². The number of hydrogen-bond acceptors (Lipinski definition) is 4. The van der Waals surface area contributed by atoms with Gasteiger partial charge in [-0.3, -0.25) is 0 Å². The second kappa shape index (κ2) is 7.33.